The van der Waals surface area contributed by atoms with E-state index in [1.165, 1.54) is 0 Å². The summed E-state index contributed by atoms with van der Waals surface area (Å²) < 4.78 is 0. The van der Waals surface area contributed by atoms with Crippen LogP contribution in [0.25, 0.3) is 0 Å². The van der Waals surface area contributed by atoms with Crippen molar-refractivity contribution in [2.45, 2.75) is 32.1 Å². The summed E-state index contributed by atoms with van der Waals surface area (Å²) in [6.45, 7) is 1.93. The molecule has 0 aromatic rings. The van der Waals surface area contributed by atoms with Crippen molar-refractivity contribution in [2.24, 2.45) is 5.92 Å². The first-order valence-electron chi connectivity index (χ1n) is 5.72. The molecule has 0 radical (unpaired) electrons. The summed E-state index contributed by atoms with van der Waals surface area (Å²) in [6.07, 6.45) is 4.64. The normalized spacial score (nSPS) is 18.1. The second-order valence-electron chi connectivity index (χ2n) is 4.15. The molecule has 0 atom stereocenters. The van der Waals surface area contributed by atoms with Gasteiger partial charge in [-0.15, -0.1) is 0 Å². The van der Waals surface area contributed by atoms with Crippen LogP contribution in [0.1, 0.15) is 32.1 Å². The van der Waals surface area contributed by atoms with E-state index in [0.717, 1.165) is 44.1 Å². The summed E-state index contributed by atoms with van der Waals surface area (Å²) in [7, 11) is 0. The molecule has 0 aromatic carbocycles. The highest BCUT2D eigenvalue weighted by Crippen LogP contribution is 2.17. The van der Waals surface area contributed by atoms with Crippen LogP contribution in [0.3, 0.4) is 0 Å². The van der Waals surface area contributed by atoms with Gasteiger partial charge in [0.2, 0.25) is 5.91 Å². The summed E-state index contributed by atoms with van der Waals surface area (Å²) in [4.78, 5) is 13.7. The van der Waals surface area contributed by atoms with Crippen molar-refractivity contribution >= 4 is 21.8 Å². The monoisotopic (exact) mass is 277 g/mol. The van der Waals surface area contributed by atoms with Crippen LogP contribution in [0, 0.1) is 5.92 Å². The van der Waals surface area contributed by atoms with Crippen LogP contribution in [0.2, 0.25) is 0 Å². The van der Waals surface area contributed by atoms with E-state index in [1.807, 2.05) is 4.90 Å². The molecule has 1 amide bonds. The fourth-order valence-corrected chi connectivity index (χ4v) is 2.29. The summed E-state index contributed by atoms with van der Waals surface area (Å²) >= 11 is 3.36. The molecule has 1 aliphatic rings. The van der Waals surface area contributed by atoms with E-state index in [4.69, 9.17) is 5.11 Å². The zero-order valence-corrected chi connectivity index (χ0v) is 10.7. The van der Waals surface area contributed by atoms with Gasteiger partial charge in [0.25, 0.3) is 0 Å². The molecule has 15 heavy (non-hydrogen) atoms. The maximum absolute atomic E-state index is 11.7. The Morgan fingerprint density at radius 3 is 2.53 bits per heavy atom. The van der Waals surface area contributed by atoms with Gasteiger partial charge in [0.1, 0.15) is 0 Å². The number of hydrogen-bond acceptors (Lipinski definition) is 2. The second kappa shape index (κ2) is 7.23. The SMILES string of the molecule is O=C(CCCCBr)N1CCC(CO)CC1. The van der Waals surface area contributed by atoms with Crippen LogP contribution in [0.4, 0.5) is 0 Å². The predicted molar refractivity (Wildman–Crippen MR) is 64.0 cm³/mol. The van der Waals surface area contributed by atoms with Gasteiger partial charge < -0.3 is 10.0 Å². The summed E-state index contributed by atoms with van der Waals surface area (Å²) in [6, 6.07) is 0. The van der Waals surface area contributed by atoms with E-state index in [2.05, 4.69) is 15.9 Å². The number of unbranched alkanes of at least 4 members (excludes halogenated alkanes) is 1. The fraction of sp³-hybridized carbons (Fsp3) is 0.909. The van der Waals surface area contributed by atoms with Crippen molar-refractivity contribution in [3.05, 3.63) is 0 Å². The highest BCUT2D eigenvalue weighted by molar-refractivity contribution is 9.09. The molecule has 0 aliphatic carbocycles. The third-order valence-electron chi connectivity index (χ3n) is 3.00. The Labute approximate surface area is 100.0 Å². The first kappa shape index (κ1) is 13.0. The van der Waals surface area contributed by atoms with E-state index < -0.39 is 0 Å². The first-order valence-corrected chi connectivity index (χ1v) is 6.84. The highest BCUT2D eigenvalue weighted by Gasteiger charge is 2.21. The number of nitrogens with zero attached hydrogens (tertiary/aromatic N) is 1. The molecule has 0 unspecified atom stereocenters. The fourth-order valence-electron chi connectivity index (χ4n) is 1.89. The number of amides is 1. The molecule has 1 fully saturated rings. The first-order chi connectivity index (χ1) is 7.27. The molecule has 0 bridgehead atoms. The van der Waals surface area contributed by atoms with Gasteiger partial charge in [0.15, 0.2) is 0 Å². The molecule has 0 aromatic heterocycles. The van der Waals surface area contributed by atoms with Gasteiger partial charge in [-0.1, -0.05) is 15.9 Å². The van der Waals surface area contributed by atoms with Crippen molar-refractivity contribution < 1.29 is 9.90 Å². The quantitative estimate of drug-likeness (QED) is 0.615. The van der Waals surface area contributed by atoms with E-state index in [9.17, 15) is 4.79 Å². The van der Waals surface area contributed by atoms with Crippen molar-refractivity contribution in [3.63, 3.8) is 0 Å². The van der Waals surface area contributed by atoms with Crippen LogP contribution in [-0.4, -0.2) is 40.9 Å². The van der Waals surface area contributed by atoms with E-state index in [0.29, 0.717) is 12.3 Å². The van der Waals surface area contributed by atoms with Crippen LogP contribution >= 0.6 is 15.9 Å². The van der Waals surface area contributed by atoms with Crippen LogP contribution in [0.15, 0.2) is 0 Å². The van der Waals surface area contributed by atoms with E-state index in [1.54, 1.807) is 0 Å². The number of aliphatic hydroxyl groups excluding tert-OH is 1. The molecule has 0 saturated carbocycles. The van der Waals surface area contributed by atoms with Gasteiger partial charge in [-0.25, -0.2) is 0 Å². The molecule has 1 saturated heterocycles. The number of carbonyl (C=O) groups excluding carboxylic acids is 1. The van der Waals surface area contributed by atoms with E-state index in [-0.39, 0.29) is 12.5 Å². The van der Waals surface area contributed by atoms with Gasteiger partial charge in [-0.05, 0) is 31.6 Å². The molecule has 88 valence electrons. The number of carbonyl (C=O) groups is 1. The molecule has 1 aliphatic heterocycles. The Hall–Kier alpha value is -0.0900. The maximum Gasteiger partial charge on any atom is 0.222 e. The zero-order chi connectivity index (χ0) is 11.1. The van der Waals surface area contributed by atoms with Crippen molar-refractivity contribution in [1.29, 1.82) is 0 Å². The Balaban J connectivity index is 2.18. The predicted octanol–water partition coefficient (Wildman–Crippen LogP) is 1.78. The lowest BCUT2D eigenvalue weighted by Crippen LogP contribution is -2.39. The lowest BCUT2D eigenvalue weighted by Gasteiger charge is -2.31. The number of likely N-dealkylation sites (tertiary alicyclic amines) is 1. The lowest BCUT2D eigenvalue weighted by atomic mass is 9.97. The number of rotatable bonds is 5. The second-order valence-corrected chi connectivity index (χ2v) is 4.95. The Morgan fingerprint density at radius 1 is 1.33 bits per heavy atom. The van der Waals surface area contributed by atoms with Gasteiger partial charge >= 0.3 is 0 Å². The number of halogens is 1. The third-order valence-corrected chi connectivity index (χ3v) is 3.56. The molecule has 0 spiro atoms. The largest absolute Gasteiger partial charge is 0.396 e. The zero-order valence-electron chi connectivity index (χ0n) is 9.12. The average molecular weight is 278 g/mol. The minimum atomic E-state index is 0.269. The molecule has 1 N–H and O–H groups in total. The van der Waals surface area contributed by atoms with Crippen molar-refractivity contribution in [3.8, 4) is 0 Å². The van der Waals surface area contributed by atoms with Gasteiger partial charge in [-0.3, -0.25) is 4.79 Å². The third kappa shape index (κ3) is 4.51. The Morgan fingerprint density at radius 2 is 2.00 bits per heavy atom. The minimum absolute atomic E-state index is 0.269. The van der Waals surface area contributed by atoms with Crippen LogP contribution in [0.5, 0.6) is 0 Å². The smallest absolute Gasteiger partial charge is 0.222 e. The van der Waals surface area contributed by atoms with Gasteiger partial charge in [0, 0.05) is 31.4 Å². The Bertz CT molecular complexity index is 191. The standard InChI is InChI=1S/C11H20BrNO2/c12-6-2-1-3-11(15)13-7-4-10(9-14)5-8-13/h10,14H,1-9H2. The molecule has 3 nitrogen and oxygen atoms in total. The number of aliphatic hydroxyl groups is 1. The van der Waals surface area contributed by atoms with Crippen LogP contribution in [-0.2, 0) is 4.79 Å². The summed E-state index contributed by atoms with van der Waals surface area (Å²) in [5.74, 6) is 0.698. The Kier molecular flexibility index (Phi) is 6.25. The summed E-state index contributed by atoms with van der Waals surface area (Å²) in [5, 5.41) is 9.96. The molecular formula is C11H20BrNO2. The number of alkyl halides is 1. The van der Waals surface area contributed by atoms with Gasteiger partial charge in [-0.2, -0.15) is 0 Å². The molecule has 1 rings (SSSR count). The van der Waals surface area contributed by atoms with Gasteiger partial charge in [0.05, 0.1) is 0 Å². The molecular weight excluding hydrogens is 258 g/mol. The maximum atomic E-state index is 11.7. The van der Waals surface area contributed by atoms with Crippen molar-refractivity contribution in [2.75, 3.05) is 25.0 Å². The molecule has 4 heteroatoms. The number of hydrogen-bond donors (Lipinski definition) is 1. The van der Waals surface area contributed by atoms with E-state index >= 15 is 0 Å². The highest BCUT2D eigenvalue weighted by atomic mass is 79.9. The average Bonchev–Trinajstić information content (AvgIpc) is 2.29. The summed E-state index contributed by atoms with van der Waals surface area (Å²) in [5.41, 5.74) is 0. The molecule has 1 heterocycles. The lowest BCUT2D eigenvalue weighted by molar-refractivity contribution is -0.132. The topological polar surface area (TPSA) is 40.5 Å². The minimum Gasteiger partial charge on any atom is -0.396 e. The van der Waals surface area contributed by atoms with Crippen molar-refractivity contribution in [1.82, 2.24) is 4.90 Å². The number of piperidine rings is 1. The van der Waals surface area contributed by atoms with Crippen LogP contribution < -0.4 is 0 Å².